The van der Waals surface area contributed by atoms with E-state index in [0.29, 0.717) is 26.2 Å². The molecule has 0 amide bonds. The van der Waals surface area contributed by atoms with Crippen LogP contribution in [0.15, 0.2) is 29.1 Å². The van der Waals surface area contributed by atoms with Gasteiger partial charge in [-0.25, -0.2) is 14.8 Å². The van der Waals surface area contributed by atoms with Crippen LogP contribution in [-0.2, 0) is 4.74 Å². The van der Waals surface area contributed by atoms with Gasteiger partial charge in [-0.1, -0.05) is 11.6 Å². The van der Waals surface area contributed by atoms with Gasteiger partial charge in [-0.3, -0.25) is 4.40 Å². The molecule has 0 aliphatic heterocycles. The molecule has 0 radical (unpaired) electrons. The van der Waals surface area contributed by atoms with E-state index < -0.39 is 5.97 Å². The lowest BCUT2D eigenvalue weighted by atomic mass is 10.2. The Balaban J connectivity index is 2.43. The summed E-state index contributed by atoms with van der Waals surface area (Å²) < 4.78 is 7.13. The molecule has 0 aliphatic carbocycles. The molecule has 2 aromatic heterocycles. The molecule has 0 fully saturated rings. The fourth-order valence-electron chi connectivity index (χ4n) is 1.90. The fraction of sp³-hybridized carbons (Fsp3) is 0.0833. The summed E-state index contributed by atoms with van der Waals surface area (Å²) in [5.41, 5.74) is 2.51. The van der Waals surface area contributed by atoms with Gasteiger partial charge in [0.25, 0.3) is 0 Å². The molecule has 7 heteroatoms. The molecule has 2 heterocycles. The van der Waals surface area contributed by atoms with Gasteiger partial charge in [0.2, 0.25) is 0 Å². The van der Waals surface area contributed by atoms with E-state index >= 15 is 0 Å². The van der Waals surface area contributed by atoms with Crippen LogP contribution < -0.4 is 0 Å². The third-order valence-corrected chi connectivity index (χ3v) is 3.73. The molecule has 0 atom stereocenters. The van der Waals surface area contributed by atoms with Crippen LogP contribution in [-0.4, -0.2) is 27.4 Å². The summed E-state index contributed by atoms with van der Waals surface area (Å²) in [4.78, 5) is 20.0. The van der Waals surface area contributed by atoms with Gasteiger partial charge in [0.15, 0.2) is 5.15 Å². The minimum absolute atomic E-state index is 0.364. The third-order valence-electron chi connectivity index (χ3n) is 2.80. The normalized spacial score (nSPS) is 11.1. The minimum Gasteiger partial charge on any atom is -0.465 e. The van der Waals surface area contributed by atoms with Crippen LogP contribution in [0, 0.1) is 0 Å². The topological polar surface area (TPSA) is 56.5 Å². The van der Waals surface area contributed by atoms with Gasteiger partial charge >= 0.3 is 5.97 Å². The molecule has 0 unspecified atom stereocenters. The number of aromatic nitrogens is 3. The Morgan fingerprint density at radius 1 is 1.42 bits per heavy atom. The summed E-state index contributed by atoms with van der Waals surface area (Å²) in [5.74, 6) is -0.419. The average Bonchev–Trinajstić information content (AvgIpc) is 2.87. The second kappa shape index (κ2) is 4.47. The van der Waals surface area contributed by atoms with Crippen LogP contribution in [0.3, 0.4) is 0 Å². The zero-order valence-corrected chi connectivity index (χ0v) is 12.1. The van der Waals surface area contributed by atoms with Gasteiger partial charge < -0.3 is 4.74 Å². The van der Waals surface area contributed by atoms with E-state index in [1.54, 1.807) is 29.1 Å². The van der Waals surface area contributed by atoms with Crippen molar-refractivity contribution >= 4 is 50.1 Å². The van der Waals surface area contributed by atoms with E-state index in [1.807, 2.05) is 0 Å². The minimum atomic E-state index is -0.419. The summed E-state index contributed by atoms with van der Waals surface area (Å²) in [6.45, 7) is 0. The Morgan fingerprint density at radius 2 is 2.21 bits per heavy atom. The van der Waals surface area contributed by atoms with Crippen molar-refractivity contribution in [1.29, 1.82) is 0 Å². The van der Waals surface area contributed by atoms with Crippen molar-refractivity contribution in [2.75, 3.05) is 7.11 Å². The number of hydrogen-bond donors (Lipinski definition) is 0. The number of carbonyl (C=O) groups is 1. The first kappa shape index (κ1) is 12.4. The van der Waals surface area contributed by atoms with Crippen LogP contribution in [0.4, 0.5) is 0 Å². The Kier molecular flexibility index (Phi) is 2.91. The highest BCUT2D eigenvalue weighted by molar-refractivity contribution is 9.10. The van der Waals surface area contributed by atoms with E-state index in [9.17, 15) is 4.79 Å². The molecule has 3 aromatic rings. The average molecular weight is 341 g/mol. The first-order valence-electron chi connectivity index (χ1n) is 5.31. The zero-order chi connectivity index (χ0) is 13.6. The van der Waals surface area contributed by atoms with Crippen LogP contribution in [0.25, 0.3) is 16.6 Å². The number of methoxy groups -OCH3 is 1. The highest BCUT2D eigenvalue weighted by Crippen LogP contribution is 2.27. The first-order valence-corrected chi connectivity index (χ1v) is 6.48. The molecule has 0 aliphatic rings. The molecule has 0 saturated carbocycles. The number of rotatable bonds is 1. The second-order valence-corrected chi connectivity index (χ2v) is 5.08. The van der Waals surface area contributed by atoms with Crippen molar-refractivity contribution in [3.05, 3.63) is 39.8 Å². The molecule has 1 aromatic carbocycles. The largest absolute Gasteiger partial charge is 0.465 e. The number of esters is 1. The van der Waals surface area contributed by atoms with Gasteiger partial charge in [0.1, 0.15) is 5.52 Å². The molecule has 0 spiro atoms. The van der Waals surface area contributed by atoms with Crippen molar-refractivity contribution in [2.24, 2.45) is 0 Å². The number of ether oxygens (including phenoxy) is 1. The number of nitrogens with zero attached hydrogens (tertiary/aromatic N) is 3. The highest BCUT2D eigenvalue weighted by atomic mass is 79.9. The van der Waals surface area contributed by atoms with Crippen LogP contribution >= 0.6 is 27.5 Å². The van der Waals surface area contributed by atoms with Crippen molar-refractivity contribution in [3.8, 4) is 0 Å². The predicted octanol–water partition coefficient (Wildman–Crippen LogP) is 3.09. The number of halogens is 2. The van der Waals surface area contributed by atoms with Crippen LogP contribution in [0.5, 0.6) is 0 Å². The van der Waals surface area contributed by atoms with Crippen molar-refractivity contribution in [3.63, 3.8) is 0 Å². The van der Waals surface area contributed by atoms with E-state index in [-0.39, 0.29) is 0 Å². The third kappa shape index (κ3) is 1.87. The Bertz CT molecular complexity index is 815. The van der Waals surface area contributed by atoms with Crippen molar-refractivity contribution < 1.29 is 9.53 Å². The number of imidazole rings is 1. The predicted molar refractivity (Wildman–Crippen MR) is 74.5 cm³/mol. The number of benzene rings is 1. The number of fused-ring (bicyclic) bond motifs is 3. The lowest BCUT2D eigenvalue weighted by Gasteiger charge is -2.07. The zero-order valence-electron chi connectivity index (χ0n) is 9.72. The smallest absolute Gasteiger partial charge is 0.339 e. The quantitative estimate of drug-likeness (QED) is 0.639. The molecule has 0 saturated heterocycles. The first-order chi connectivity index (χ1) is 9.11. The van der Waals surface area contributed by atoms with Gasteiger partial charge in [0, 0.05) is 4.47 Å². The van der Waals surface area contributed by atoms with Gasteiger partial charge in [-0.2, -0.15) is 0 Å². The van der Waals surface area contributed by atoms with Gasteiger partial charge in [0.05, 0.1) is 36.2 Å². The summed E-state index contributed by atoms with van der Waals surface area (Å²) in [6, 6.07) is 3.43. The number of carbonyl (C=O) groups excluding carboxylic acids is 1. The summed E-state index contributed by atoms with van der Waals surface area (Å²) >= 11 is 9.41. The van der Waals surface area contributed by atoms with E-state index in [2.05, 4.69) is 25.9 Å². The molecule has 0 N–H and O–H groups in total. The Labute approximate surface area is 121 Å². The maximum Gasteiger partial charge on any atom is 0.339 e. The summed E-state index contributed by atoms with van der Waals surface area (Å²) in [7, 11) is 1.34. The molecule has 19 heavy (non-hydrogen) atoms. The van der Waals surface area contributed by atoms with Crippen molar-refractivity contribution in [1.82, 2.24) is 14.4 Å². The summed E-state index contributed by atoms with van der Waals surface area (Å²) in [5, 5.41) is 0.364. The van der Waals surface area contributed by atoms with E-state index in [1.165, 1.54) is 7.11 Å². The fourth-order valence-corrected chi connectivity index (χ4v) is 2.63. The van der Waals surface area contributed by atoms with Crippen LogP contribution in [0.1, 0.15) is 10.4 Å². The number of hydrogen-bond acceptors (Lipinski definition) is 4. The van der Waals surface area contributed by atoms with Gasteiger partial charge in [-0.05, 0) is 28.1 Å². The summed E-state index contributed by atoms with van der Waals surface area (Å²) in [6.07, 6.45) is 3.24. The second-order valence-electron chi connectivity index (χ2n) is 3.86. The Hall–Kier alpha value is -1.66. The maximum absolute atomic E-state index is 11.7. The van der Waals surface area contributed by atoms with Gasteiger partial charge in [-0.15, -0.1) is 0 Å². The monoisotopic (exact) mass is 339 g/mol. The molecular weight excluding hydrogens is 334 g/mol. The molecule has 3 rings (SSSR count). The van der Waals surface area contributed by atoms with Crippen molar-refractivity contribution in [2.45, 2.75) is 0 Å². The molecular formula is C12H7BrClN3O2. The Morgan fingerprint density at radius 3 is 2.95 bits per heavy atom. The van der Waals surface area contributed by atoms with E-state index in [0.717, 1.165) is 5.52 Å². The van der Waals surface area contributed by atoms with E-state index in [4.69, 9.17) is 16.3 Å². The SMILES string of the molecule is COC(=O)c1cc2c(cc1Br)nc(Cl)c1cncn12. The molecule has 96 valence electrons. The lowest BCUT2D eigenvalue weighted by molar-refractivity contribution is 0.0600. The standard InChI is InChI=1S/C12H7BrClN3O2/c1-19-12(18)6-2-9-8(3-7(6)13)16-11(14)10-4-15-5-17(9)10/h2-5H,1H3. The molecule has 0 bridgehead atoms. The highest BCUT2D eigenvalue weighted by Gasteiger charge is 2.15. The maximum atomic E-state index is 11.7. The molecule has 5 nitrogen and oxygen atoms in total. The lowest BCUT2D eigenvalue weighted by Crippen LogP contribution is -2.03. The van der Waals surface area contributed by atoms with Crippen LogP contribution in [0.2, 0.25) is 5.15 Å².